The Morgan fingerprint density at radius 3 is 2.29 bits per heavy atom. The fourth-order valence-corrected chi connectivity index (χ4v) is 4.11. The molecule has 1 unspecified atom stereocenters. The van der Waals surface area contributed by atoms with Gasteiger partial charge in [0.1, 0.15) is 5.60 Å². The molecule has 3 rings (SSSR count). The molecule has 0 spiro atoms. The van der Waals surface area contributed by atoms with Gasteiger partial charge in [0, 0.05) is 13.1 Å². The van der Waals surface area contributed by atoms with Crippen molar-refractivity contribution in [1.29, 1.82) is 0 Å². The predicted octanol–water partition coefficient (Wildman–Crippen LogP) is 3.05. The van der Waals surface area contributed by atoms with Crippen LogP contribution in [0.1, 0.15) is 67.2 Å². The third-order valence-corrected chi connectivity index (χ3v) is 5.31. The predicted molar refractivity (Wildman–Crippen MR) is 109 cm³/mol. The Morgan fingerprint density at radius 2 is 1.79 bits per heavy atom. The summed E-state index contributed by atoms with van der Waals surface area (Å²) in [5, 5.41) is 3.31. The minimum absolute atomic E-state index is 0.194. The Bertz CT molecular complexity index is 726. The molecular formula is C22H31N3O3. The van der Waals surface area contributed by atoms with Crippen LogP contribution in [0.25, 0.3) is 0 Å². The molecule has 28 heavy (non-hydrogen) atoms. The number of benzene rings is 1. The lowest BCUT2D eigenvalue weighted by molar-refractivity contribution is 0.0334. The summed E-state index contributed by atoms with van der Waals surface area (Å²) in [5.41, 5.74) is 6.32. The Kier molecular flexibility index (Phi) is 6.08. The van der Waals surface area contributed by atoms with Gasteiger partial charge in [0.05, 0.1) is 17.2 Å². The lowest BCUT2D eigenvalue weighted by atomic mass is 9.96. The van der Waals surface area contributed by atoms with E-state index in [1.807, 2.05) is 20.8 Å². The highest BCUT2D eigenvalue weighted by Crippen LogP contribution is 2.34. The van der Waals surface area contributed by atoms with E-state index in [4.69, 9.17) is 10.5 Å². The summed E-state index contributed by atoms with van der Waals surface area (Å²) in [7, 11) is 0. The van der Waals surface area contributed by atoms with Crippen molar-refractivity contribution < 1.29 is 14.3 Å². The smallest absolute Gasteiger partial charge is 0.261 e. The van der Waals surface area contributed by atoms with Gasteiger partial charge in [-0.2, -0.15) is 0 Å². The topological polar surface area (TPSA) is 84.7 Å². The van der Waals surface area contributed by atoms with Crippen LogP contribution >= 0.6 is 0 Å². The Hall–Kier alpha value is -2.34. The number of nitrogens with two attached hydrogens (primary N) is 1. The summed E-state index contributed by atoms with van der Waals surface area (Å²) >= 11 is 0. The molecule has 6 heteroatoms. The first kappa shape index (κ1) is 20.4. The molecule has 1 heterocycles. The first-order valence-corrected chi connectivity index (χ1v) is 10.1. The molecule has 152 valence electrons. The van der Waals surface area contributed by atoms with E-state index in [9.17, 15) is 9.59 Å². The second-order valence-corrected chi connectivity index (χ2v) is 8.54. The van der Waals surface area contributed by atoms with E-state index in [0.29, 0.717) is 36.0 Å². The van der Waals surface area contributed by atoms with Crippen LogP contribution in [-0.2, 0) is 4.74 Å². The first-order chi connectivity index (χ1) is 13.3. The average Bonchev–Trinajstić information content (AvgIpc) is 3.24. The summed E-state index contributed by atoms with van der Waals surface area (Å²) in [5.74, 6) is 0.499. The number of hydrogen-bond donors (Lipinski definition) is 2. The molecule has 2 aliphatic rings. The Labute approximate surface area is 167 Å². The zero-order valence-corrected chi connectivity index (χ0v) is 17.0. The zero-order valence-electron chi connectivity index (χ0n) is 17.0. The van der Waals surface area contributed by atoms with Crippen molar-refractivity contribution in [3.8, 4) is 0 Å². The quantitative estimate of drug-likeness (QED) is 0.557. The van der Waals surface area contributed by atoms with Crippen molar-refractivity contribution in [3.63, 3.8) is 0 Å². The van der Waals surface area contributed by atoms with Crippen molar-refractivity contribution >= 4 is 11.8 Å². The van der Waals surface area contributed by atoms with Crippen molar-refractivity contribution in [3.05, 3.63) is 47.4 Å². The number of ether oxygens (including phenoxy) is 1. The van der Waals surface area contributed by atoms with Crippen molar-refractivity contribution in [2.24, 2.45) is 11.7 Å². The molecule has 1 atom stereocenters. The van der Waals surface area contributed by atoms with Crippen LogP contribution in [0.15, 0.2) is 36.2 Å². The van der Waals surface area contributed by atoms with Gasteiger partial charge in [0.25, 0.3) is 11.8 Å². The summed E-state index contributed by atoms with van der Waals surface area (Å²) < 4.78 is 5.95. The van der Waals surface area contributed by atoms with Gasteiger partial charge in [0.2, 0.25) is 0 Å². The molecule has 1 aliphatic heterocycles. The van der Waals surface area contributed by atoms with Crippen LogP contribution in [0.3, 0.4) is 0 Å². The number of imide groups is 1. The number of hydrogen-bond acceptors (Lipinski definition) is 5. The number of fused-ring (bicyclic) bond motifs is 1. The highest BCUT2D eigenvalue weighted by atomic mass is 16.5. The van der Waals surface area contributed by atoms with E-state index >= 15 is 0 Å². The van der Waals surface area contributed by atoms with Crippen LogP contribution in [0.4, 0.5) is 0 Å². The van der Waals surface area contributed by atoms with E-state index in [2.05, 4.69) is 5.32 Å². The van der Waals surface area contributed by atoms with Crippen molar-refractivity contribution in [2.45, 2.75) is 58.1 Å². The maximum absolute atomic E-state index is 13.0. The highest BCUT2D eigenvalue weighted by molar-refractivity contribution is 6.21. The Morgan fingerprint density at radius 1 is 1.21 bits per heavy atom. The van der Waals surface area contributed by atoms with Gasteiger partial charge in [-0.05, 0) is 57.7 Å². The molecule has 6 nitrogen and oxygen atoms in total. The second-order valence-electron chi connectivity index (χ2n) is 8.54. The fourth-order valence-electron chi connectivity index (χ4n) is 4.11. The number of amides is 2. The van der Waals surface area contributed by atoms with E-state index in [1.54, 1.807) is 30.3 Å². The molecule has 1 fully saturated rings. The number of carbonyl (C=O) groups excluding carboxylic acids is 2. The summed E-state index contributed by atoms with van der Waals surface area (Å²) in [6.07, 6.45) is 6.10. The van der Waals surface area contributed by atoms with Crippen molar-refractivity contribution in [1.82, 2.24) is 10.2 Å². The third-order valence-electron chi connectivity index (χ3n) is 5.31. The van der Waals surface area contributed by atoms with E-state index in [0.717, 1.165) is 25.7 Å². The van der Waals surface area contributed by atoms with Gasteiger partial charge < -0.3 is 15.8 Å². The van der Waals surface area contributed by atoms with Gasteiger partial charge in [-0.3, -0.25) is 14.5 Å². The van der Waals surface area contributed by atoms with Crippen LogP contribution in [0.2, 0.25) is 0 Å². The lowest BCUT2D eigenvalue weighted by Gasteiger charge is -2.33. The molecule has 0 bridgehead atoms. The lowest BCUT2D eigenvalue weighted by Crippen LogP contribution is -2.49. The van der Waals surface area contributed by atoms with Crippen LogP contribution in [0.5, 0.6) is 0 Å². The number of rotatable bonds is 7. The van der Waals surface area contributed by atoms with Crippen LogP contribution < -0.4 is 11.1 Å². The molecular weight excluding hydrogens is 354 g/mol. The van der Waals surface area contributed by atoms with Gasteiger partial charge >= 0.3 is 0 Å². The molecule has 2 amide bonds. The fraction of sp³-hybridized carbons (Fsp3) is 0.545. The second kappa shape index (κ2) is 8.35. The minimum Gasteiger partial charge on any atom is -0.474 e. The normalized spacial score (nSPS) is 19.1. The molecule has 1 saturated carbocycles. The molecule has 1 aliphatic carbocycles. The average molecular weight is 386 g/mol. The zero-order chi connectivity index (χ0) is 20.3. The van der Waals surface area contributed by atoms with Gasteiger partial charge in [-0.1, -0.05) is 25.0 Å². The first-order valence-electron chi connectivity index (χ1n) is 10.1. The van der Waals surface area contributed by atoms with Crippen LogP contribution in [0, 0.1) is 5.92 Å². The van der Waals surface area contributed by atoms with Crippen LogP contribution in [-0.4, -0.2) is 41.4 Å². The maximum Gasteiger partial charge on any atom is 0.261 e. The third kappa shape index (κ3) is 4.38. The minimum atomic E-state index is -0.369. The standard InChI is InChI=1S/C22H31N3O3/c1-22(2,3)28-19(12-13-23)24-14-18(15-8-4-5-9-15)25-20(26)16-10-6-7-11-17(16)21(25)27/h6-7,10-12,15,18,24H,4-5,8-9,13-14,23H2,1-3H3. The largest absolute Gasteiger partial charge is 0.474 e. The summed E-state index contributed by atoms with van der Waals surface area (Å²) in [6.45, 7) is 6.71. The summed E-state index contributed by atoms with van der Waals surface area (Å²) in [6, 6.07) is 6.86. The summed E-state index contributed by atoms with van der Waals surface area (Å²) in [4.78, 5) is 27.5. The van der Waals surface area contributed by atoms with Gasteiger partial charge in [-0.15, -0.1) is 0 Å². The monoisotopic (exact) mass is 385 g/mol. The number of carbonyl (C=O) groups is 2. The molecule has 0 aromatic heterocycles. The van der Waals surface area contributed by atoms with E-state index < -0.39 is 0 Å². The molecule has 1 aromatic rings. The molecule has 0 radical (unpaired) electrons. The molecule has 1 aromatic carbocycles. The number of nitrogens with zero attached hydrogens (tertiary/aromatic N) is 1. The van der Waals surface area contributed by atoms with Crippen molar-refractivity contribution in [2.75, 3.05) is 13.1 Å². The Balaban J connectivity index is 1.82. The van der Waals surface area contributed by atoms with Gasteiger partial charge in [-0.25, -0.2) is 0 Å². The highest BCUT2D eigenvalue weighted by Gasteiger charge is 2.43. The molecule has 0 saturated heterocycles. The number of nitrogens with one attached hydrogen (secondary N) is 1. The maximum atomic E-state index is 13.0. The molecule has 3 N–H and O–H groups in total. The van der Waals surface area contributed by atoms with E-state index in [-0.39, 0.29) is 23.5 Å². The SMILES string of the molecule is CC(C)(C)OC(=CCN)NCC(C1CCCC1)N1C(=O)c2ccccc2C1=O. The van der Waals surface area contributed by atoms with E-state index in [1.165, 1.54) is 4.90 Å². The van der Waals surface area contributed by atoms with Gasteiger partial charge in [0.15, 0.2) is 5.88 Å².